The molecule has 0 aromatic heterocycles. The van der Waals surface area contributed by atoms with Gasteiger partial charge in [-0.15, -0.1) is 0 Å². The second kappa shape index (κ2) is 16.7. The predicted octanol–water partition coefficient (Wildman–Crippen LogP) is -0.369. The van der Waals surface area contributed by atoms with Gasteiger partial charge in [0.05, 0.1) is 0 Å². The smallest absolute Gasteiger partial charge is 0.253 e. The highest BCUT2D eigenvalue weighted by atomic mass is 16.2. The topological polar surface area (TPSA) is 156 Å². The zero-order chi connectivity index (χ0) is 33.1. The van der Waals surface area contributed by atoms with Crippen molar-refractivity contribution in [2.24, 2.45) is 0 Å². The minimum absolute atomic E-state index is 0.303. The Morgan fingerprint density at radius 3 is 0.674 bits per heavy atom. The number of carbonyl (C=O) groups excluding carboxylic acids is 8. The third-order valence-electron chi connectivity index (χ3n) is 8.23. The second-order valence-electron chi connectivity index (χ2n) is 11.5. The Hall–Kier alpha value is -4.56. The molecule has 0 bridgehead atoms. The monoisotopic (exact) mass is 636 g/mol. The van der Waals surface area contributed by atoms with Crippen LogP contribution in [-0.2, 0) is 38.4 Å². The summed E-state index contributed by atoms with van der Waals surface area (Å²) in [6, 6.07) is 0. The van der Waals surface area contributed by atoms with Crippen LogP contribution in [0.1, 0.15) is 38.5 Å². The normalized spacial score (nSPS) is 17.9. The number of nitrogens with zero attached hydrogens (tertiary/aromatic N) is 6. The molecular weight excluding hydrogens is 596 g/mol. The van der Waals surface area contributed by atoms with E-state index < -0.39 is 0 Å². The standard InChI is InChI=1S/C32H40N6O8/c39-25-7-8-26(40)35(25)21-3-17-33(18-4-22-36-27(41)9-10-28(36)42)15-1-2-16-34(19-5-23-37-29(43)11-12-30(37)44)20-6-24-38-31(45)13-14-32(38)46/h7-14H,1-6,15-24H2. The summed E-state index contributed by atoms with van der Waals surface area (Å²) < 4.78 is 0. The molecule has 0 aromatic carbocycles. The molecule has 8 amide bonds. The zero-order valence-electron chi connectivity index (χ0n) is 25.9. The van der Waals surface area contributed by atoms with Gasteiger partial charge in [0.2, 0.25) is 0 Å². The molecule has 0 fully saturated rings. The van der Waals surface area contributed by atoms with Crippen LogP contribution in [0.25, 0.3) is 0 Å². The van der Waals surface area contributed by atoms with Crippen molar-refractivity contribution >= 4 is 47.3 Å². The van der Waals surface area contributed by atoms with Gasteiger partial charge in [0.25, 0.3) is 47.3 Å². The summed E-state index contributed by atoms with van der Waals surface area (Å²) in [7, 11) is 0. The van der Waals surface area contributed by atoms with Gasteiger partial charge in [0, 0.05) is 74.8 Å². The Balaban J connectivity index is 1.25. The molecule has 0 aliphatic carbocycles. The van der Waals surface area contributed by atoms with Gasteiger partial charge in [-0.25, -0.2) is 0 Å². The maximum atomic E-state index is 11.9. The van der Waals surface area contributed by atoms with Crippen molar-refractivity contribution < 1.29 is 38.4 Å². The first-order valence-electron chi connectivity index (χ1n) is 15.7. The SMILES string of the molecule is O=C1C=CC(=O)N1CCCN(CCCCN(CCCN1C(=O)C=CC1=O)CCCN1C(=O)C=CC1=O)CCCN1C(=O)C=CC1=O. The molecule has 4 rings (SSSR count). The van der Waals surface area contributed by atoms with Gasteiger partial charge in [-0.3, -0.25) is 58.0 Å². The van der Waals surface area contributed by atoms with Crippen LogP contribution >= 0.6 is 0 Å². The van der Waals surface area contributed by atoms with Gasteiger partial charge in [-0.2, -0.15) is 0 Å². The van der Waals surface area contributed by atoms with E-state index >= 15 is 0 Å². The zero-order valence-corrected chi connectivity index (χ0v) is 25.9. The number of hydrogen-bond acceptors (Lipinski definition) is 10. The van der Waals surface area contributed by atoms with Crippen molar-refractivity contribution in [3.8, 4) is 0 Å². The quantitative estimate of drug-likeness (QED) is 0.120. The van der Waals surface area contributed by atoms with E-state index in [0.717, 1.165) is 25.9 Å². The highest BCUT2D eigenvalue weighted by Gasteiger charge is 2.26. The molecule has 4 aliphatic heterocycles. The third-order valence-corrected chi connectivity index (χ3v) is 8.23. The van der Waals surface area contributed by atoms with Crippen LogP contribution in [0.4, 0.5) is 0 Å². The number of rotatable bonds is 21. The van der Waals surface area contributed by atoms with Crippen LogP contribution in [0.2, 0.25) is 0 Å². The van der Waals surface area contributed by atoms with Crippen LogP contribution in [0.5, 0.6) is 0 Å². The van der Waals surface area contributed by atoms with Gasteiger partial charge in [-0.05, 0) is 77.8 Å². The Labute approximate surface area is 267 Å². The Morgan fingerprint density at radius 2 is 0.478 bits per heavy atom. The van der Waals surface area contributed by atoms with E-state index in [1.54, 1.807) is 0 Å². The summed E-state index contributed by atoms with van der Waals surface area (Å²) in [5.41, 5.74) is 0. The molecular formula is C32H40N6O8. The Bertz CT molecular complexity index is 1100. The summed E-state index contributed by atoms with van der Waals surface area (Å²) in [5.74, 6) is -2.56. The van der Waals surface area contributed by atoms with Gasteiger partial charge in [-0.1, -0.05) is 0 Å². The van der Waals surface area contributed by atoms with Crippen molar-refractivity contribution in [1.29, 1.82) is 0 Å². The molecule has 0 atom stereocenters. The lowest BCUT2D eigenvalue weighted by atomic mass is 10.2. The number of hydrogen-bond donors (Lipinski definition) is 0. The third kappa shape index (κ3) is 9.47. The molecule has 46 heavy (non-hydrogen) atoms. The van der Waals surface area contributed by atoms with E-state index in [9.17, 15) is 38.4 Å². The van der Waals surface area contributed by atoms with Crippen LogP contribution in [0.3, 0.4) is 0 Å². The van der Waals surface area contributed by atoms with Gasteiger partial charge in [0.1, 0.15) is 0 Å². The molecule has 0 radical (unpaired) electrons. The molecule has 246 valence electrons. The lowest BCUT2D eigenvalue weighted by Gasteiger charge is -2.26. The first kappa shape index (κ1) is 34.3. The van der Waals surface area contributed by atoms with Crippen molar-refractivity contribution in [1.82, 2.24) is 29.4 Å². The van der Waals surface area contributed by atoms with E-state index in [1.165, 1.54) is 68.2 Å². The van der Waals surface area contributed by atoms with Gasteiger partial charge in [0.15, 0.2) is 0 Å². The molecule has 0 saturated heterocycles. The predicted molar refractivity (Wildman–Crippen MR) is 164 cm³/mol. The van der Waals surface area contributed by atoms with E-state index in [0.29, 0.717) is 78.0 Å². The van der Waals surface area contributed by atoms with Crippen LogP contribution < -0.4 is 0 Å². The molecule has 14 heteroatoms. The average molecular weight is 637 g/mol. The second-order valence-corrected chi connectivity index (χ2v) is 11.5. The van der Waals surface area contributed by atoms with Crippen molar-refractivity contribution in [2.45, 2.75) is 38.5 Å². The van der Waals surface area contributed by atoms with Crippen molar-refractivity contribution in [2.75, 3.05) is 65.4 Å². The lowest BCUT2D eigenvalue weighted by molar-refractivity contribution is -0.138. The molecule has 4 heterocycles. The Morgan fingerprint density at radius 1 is 0.304 bits per heavy atom. The molecule has 14 nitrogen and oxygen atoms in total. The maximum Gasteiger partial charge on any atom is 0.253 e. The fraction of sp³-hybridized carbons (Fsp3) is 0.500. The van der Waals surface area contributed by atoms with E-state index in [2.05, 4.69) is 9.80 Å². The number of unbranched alkanes of at least 4 members (excludes halogenated alkanes) is 1. The molecule has 4 aliphatic rings. The van der Waals surface area contributed by atoms with Crippen molar-refractivity contribution in [3.63, 3.8) is 0 Å². The average Bonchev–Trinajstić information content (AvgIpc) is 3.74. The van der Waals surface area contributed by atoms with Gasteiger partial charge < -0.3 is 9.80 Å². The summed E-state index contributed by atoms with van der Waals surface area (Å²) in [6.45, 7) is 5.15. The summed E-state index contributed by atoms with van der Waals surface area (Å²) in [4.78, 5) is 105. The van der Waals surface area contributed by atoms with Crippen molar-refractivity contribution in [3.05, 3.63) is 48.6 Å². The first-order valence-corrected chi connectivity index (χ1v) is 15.7. The fourth-order valence-corrected chi connectivity index (χ4v) is 5.76. The maximum absolute atomic E-state index is 11.9. The van der Waals surface area contributed by atoms with Crippen LogP contribution in [-0.4, -0.2) is 142 Å². The molecule has 0 unspecified atom stereocenters. The number of carbonyl (C=O) groups is 8. The summed E-state index contributed by atoms with van der Waals surface area (Å²) >= 11 is 0. The minimum atomic E-state index is -0.320. The molecule has 0 saturated carbocycles. The highest BCUT2D eigenvalue weighted by molar-refractivity contribution is 6.14. The number of amides is 8. The minimum Gasteiger partial charge on any atom is -0.303 e. The van der Waals surface area contributed by atoms with E-state index in [4.69, 9.17) is 0 Å². The molecule has 0 aromatic rings. The summed E-state index contributed by atoms with van der Waals surface area (Å²) in [6.07, 6.45) is 14.1. The first-order chi connectivity index (χ1) is 22.1. The van der Waals surface area contributed by atoms with Gasteiger partial charge >= 0.3 is 0 Å². The van der Waals surface area contributed by atoms with E-state index in [-0.39, 0.29) is 47.3 Å². The largest absolute Gasteiger partial charge is 0.303 e. The molecule has 0 N–H and O–H groups in total. The Kier molecular flexibility index (Phi) is 12.4. The van der Waals surface area contributed by atoms with Crippen LogP contribution in [0.15, 0.2) is 48.6 Å². The molecule has 0 spiro atoms. The summed E-state index contributed by atoms with van der Waals surface area (Å²) in [5, 5.41) is 0. The number of imide groups is 4. The van der Waals surface area contributed by atoms with E-state index in [1.807, 2.05) is 0 Å². The lowest BCUT2D eigenvalue weighted by Crippen LogP contribution is -2.37. The fourth-order valence-electron chi connectivity index (χ4n) is 5.76. The van der Waals surface area contributed by atoms with Crippen LogP contribution in [0, 0.1) is 0 Å². The highest BCUT2D eigenvalue weighted by Crippen LogP contribution is 2.11.